The van der Waals surface area contributed by atoms with E-state index in [1.54, 1.807) is 11.1 Å². The summed E-state index contributed by atoms with van der Waals surface area (Å²) in [5.74, 6) is -0.0233. The number of aliphatic hydroxyl groups is 1. The lowest BCUT2D eigenvalue weighted by Gasteiger charge is -2.30. The van der Waals surface area contributed by atoms with Crippen LogP contribution in [0.5, 0.6) is 0 Å². The van der Waals surface area contributed by atoms with Gasteiger partial charge >= 0.3 is 0 Å². The second-order valence-corrected chi connectivity index (χ2v) is 6.67. The molecule has 2 aromatic rings. The number of thiazole rings is 1. The van der Waals surface area contributed by atoms with Crippen LogP contribution in [0.15, 0.2) is 35.8 Å². The Labute approximate surface area is 141 Å². The van der Waals surface area contributed by atoms with Crippen LogP contribution in [0.25, 0.3) is 0 Å². The Kier molecular flexibility index (Phi) is 6.27. The number of amides is 1. The van der Waals surface area contributed by atoms with Crippen molar-refractivity contribution in [1.82, 2.24) is 14.8 Å². The van der Waals surface area contributed by atoms with Crippen molar-refractivity contribution in [2.75, 3.05) is 27.2 Å². The van der Waals surface area contributed by atoms with Crippen LogP contribution in [0.1, 0.15) is 22.2 Å². The van der Waals surface area contributed by atoms with E-state index in [9.17, 15) is 9.90 Å². The Morgan fingerprint density at radius 2 is 2.17 bits per heavy atom. The van der Waals surface area contributed by atoms with Gasteiger partial charge in [0.25, 0.3) is 0 Å². The summed E-state index contributed by atoms with van der Waals surface area (Å²) in [5.41, 5.74) is 2.08. The van der Waals surface area contributed by atoms with Gasteiger partial charge in [-0.3, -0.25) is 9.69 Å². The lowest BCUT2D eigenvalue weighted by Crippen LogP contribution is -2.41. The highest BCUT2D eigenvalue weighted by Crippen LogP contribution is 2.23. The summed E-state index contributed by atoms with van der Waals surface area (Å²) in [6, 6.07) is 7.61. The van der Waals surface area contributed by atoms with Gasteiger partial charge in [0.15, 0.2) is 0 Å². The minimum atomic E-state index is -0.374. The Morgan fingerprint density at radius 3 is 2.74 bits per heavy atom. The van der Waals surface area contributed by atoms with E-state index < -0.39 is 0 Å². The van der Waals surface area contributed by atoms with E-state index in [1.807, 2.05) is 55.6 Å². The van der Waals surface area contributed by atoms with Crippen LogP contribution in [-0.2, 0) is 11.3 Å². The minimum absolute atomic E-state index is 0.0233. The van der Waals surface area contributed by atoms with Crippen LogP contribution in [0.3, 0.4) is 0 Å². The Balaban J connectivity index is 2.26. The second kappa shape index (κ2) is 8.19. The summed E-state index contributed by atoms with van der Waals surface area (Å²) in [4.78, 5) is 20.9. The molecule has 1 aromatic carbocycles. The fourth-order valence-corrected chi connectivity index (χ4v) is 3.19. The summed E-state index contributed by atoms with van der Waals surface area (Å²) < 4.78 is 0. The fraction of sp³-hybridized carbons (Fsp3) is 0.412. The van der Waals surface area contributed by atoms with Crippen LogP contribution in [-0.4, -0.2) is 53.0 Å². The first-order chi connectivity index (χ1) is 11.0. The molecule has 1 amide bonds. The number of aromatic nitrogens is 1. The van der Waals surface area contributed by atoms with Crippen LogP contribution in [0.4, 0.5) is 0 Å². The molecular formula is C17H23N3O2S. The number of aliphatic hydroxyl groups excluding tert-OH is 1. The molecule has 6 heteroatoms. The average molecular weight is 333 g/mol. The smallest absolute Gasteiger partial charge is 0.244 e. The van der Waals surface area contributed by atoms with Gasteiger partial charge in [0, 0.05) is 18.1 Å². The Bertz CT molecular complexity index is 629. The van der Waals surface area contributed by atoms with Gasteiger partial charge in [0.1, 0.15) is 11.0 Å². The molecule has 2 rings (SSSR count). The molecule has 0 saturated heterocycles. The molecule has 0 spiro atoms. The molecular weight excluding hydrogens is 310 g/mol. The first kappa shape index (κ1) is 17.6. The van der Waals surface area contributed by atoms with E-state index in [2.05, 4.69) is 4.98 Å². The van der Waals surface area contributed by atoms with Crippen molar-refractivity contribution < 1.29 is 9.90 Å². The Morgan fingerprint density at radius 1 is 1.39 bits per heavy atom. The molecule has 0 saturated carbocycles. The number of carbonyl (C=O) groups excluding carboxylic acids is 1. The zero-order valence-corrected chi connectivity index (χ0v) is 14.6. The molecule has 0 fully saturated rings. The zero-order chi connectivity index (χ0) is 16.8. The molecule has 1 atom stereocenters. The third-order valence-electron chi connectivity index (χ3n) is 3.60. The number of benzene rings is 1. The molecule has 1 N–H and O–H groups in total. The maximum Gasteiger partial charge on any atom is 0.244 e. The van der Waals surface area contributed by atoms with E-state index in [1.165, 1.54) is 11.3 Å². The highest BCUT2D eigenvalue weighted by Gasteiger charge is 2.28. The van der Waals surface area contributed by atoms with Crippen LogP contribution in [0.2, 0.25) is 0 Å². The van der Waals surface area contributed by atoms with Crippen molar-refractivity contribution in [1.29, 1.82) is 0 Å². The molecule has 0 aliphatic rings. The lowest BCUT2D eigenvalue weighted by atomic mass is 10.0. The molecule has 0 aliphatic heterocycles. The van der Waals surface area contributed by atoms with Gasteiger partial charge in [-0.2, -0.15) is 0 Å². The molecule has 5 nitrogen and oxygen atoms in total. The number of carbonyl (C=O) groups is 1. The SMILES string of the molecule is Cc1cccc(C(C(=O)N(CCO)Cc2nccs2)N(C)C)c1. The summed E-state index contributed by atoms with van der Waals surface area (Å²) in [6.07, 6.45) is 1.73. The largest absolute Gasteiger partial charge is 0.395 e. The van der Waals surface area contributed by atoms with E-state index in [-0.39, 0.29) is 18.6 Å². The van der Waals surface area contributed by atoms with Gasteiger partial charge in [0.05, 0.1) is 13.2 Å². The minimum Gasteiger partial charge on any atom is -0.395 e. The first-order valence-electron chi connectivity index (χ1n) is 7.54. The van der Waals surface area contributed by atoms with Crippen molar-refractivity contribution in [3.63, 3.8) is 0 Å². The third-order valence-corrected chi connectivity index (χ3v) is 4.36. The normalized spacial score (nSPS) is 12.4. The van der Waals surface area contributed by atoms with Crippen molar-refractivity contribution in [2.45, 2.75) is 19.5 Å². The molecule has 0 bridgehead atoms. The average Bonchev–Trinajstić information content (AvgIpc) is 2.99. The molecule has 1 aromatic heterocycles. The topological polar surface area (TPSA) is 56.7 Å². The zero-order valence-electron chi connectivity index (χ0n) is 13.8. The predicted molar refractivity (Wildman–Crippen MR) is 92.2 cm³/mol. The van der Waals surface area contributed by atoms with E-state index in [4.69, 9.17) is 0 Å². The molecule has 0 radical (unpaired) electrons. The molecule has 1 unspecified atom stereocenters. The third kappa shape index (κ3) is 4.60. The first-order valence-corrected chi connectivity index (χ1v) is 8.42. The standard InChI is InChI=1S/C17H23N3O2S/c1-13-5-4-6-14(11-13)16(19(2)3)17(22)20(8-9-21)12-15-18-7-10-23-15/h4-7,10-11,16,21H,8-9,12H2,1-3H3. The molecule has 1 heterocycles. The van der Waals surface area contributed by atoms with Gasteiger partial charge in [-0.1, -0.05) is 29.8 Å². The summed E-state index contributed by atoms with van der Waals surface area (Å²) in [6.45, 7) is 2.68. The highest BCUT2D eigenvalue weighted by molar-refractivity contribution is 7.09. The maximum atomic E-state index is 13.1. The van der Waals surface area contributed by atoms with Gasteiger partial charge < -0.3 is 10.0 Å². The van der Waals surface area contributed by atoms with Crippen LogP contribution in [0, 0.1) is 6.92 Å². The molecule has 0 aliphatic carbocycles. The van der Waals surface area contributed by atoms with Crippen molar-refractivity contribution in [3.05, 3.63) is 52.0 Å². The van der Waals surface area contributed by atoms with Gasteiger partial charge in [-0.05, 0) is 26.6 Å². The maximum absolute atomic E-state index is 13.1. The monoisotopic (exact) mass is 333 g/mol. The number of hydrogen-bond acceptors (Lipinski definition) is 5. The summed E-state index contributed by atoms with van der Waals surface area (Å²) >= 11 is 1.51. The van der Waals surface area contributed by atoms with Crippen molar-refractivity contribution >= 4 is 17.2 Å². The number of aryl methyl sites for hydroxylation is 1. The van der Waals surface area contributed by atoms with Gasteiger partial charge in [-0.25, -0.2) is 4.98 Å². The Hall–Kier alpha value is -1.76. The fourth-order valence-electron chi connectivity index (χ4n) is 2.56. The van der Waals surface area contributed by atoms with Gasteiger partial charge in [-0.15, -0.1) is 11.3 Å². The van der Waals surface area contributed by atoms with E-state index >= 15 is 0 Å². The van der Waals surface area contributed by atoms with Gasteiger partial charge in [0.2, 0.25) is 5.91 Å². The molecule has 23 heavy (non-hydrogen) atoms. The molecule has 124 valence electrons. The number of rotatable bonds is 7. The predicted octanol–water partition coefficient (Wildman–Crippen LogP) is 2.08. The second-order valence-electron chi connectivity index (χ2n) is 5.69. The van der Waals surface area contributed by atoms with Crippen LogP contribution < -0.4 is 0 Å². The van der Waals surface area contributed by atoms with E-state index in [0.29, 0.717) is 13.1 Å². The summed E-state index contributed by atoms with van der Waals surface area (Å²) in [5, 5.41) is 12.1. The number of likely N-dealkylation sites (N-methyl/N-ethyl adjacent to an activating group) is 1. The van der Waals surface area contributed by atoms with E-state index in [0.717, 1.165) is 16.1 Å². The lowest BCUT2D eigenvalue weighted by molar-refractivity contribution is -0.137. The van der Waals surface area contributed by atoms with Crippen molar-refractivity contribution in [3.8, 4) is 0 Å². The highest BCUT2D eigenvalue weighted by atomic mass is 32.1. The van der Waals surface area contributed by atoms with Crippen molar-refractivity contribution in [2.24, 2.45) is 0 Å². The number of hydrogen-bond donors (Lipinski definition) is 1. The summed E-state index contributed by atoms with van der Waals surface area (Å²) in [7, 11) is 3.79. The van der Waals surface area contributed by atoms with Crippen LogP contribution >= 0.6 is 11.3 Å². The quantitative estimate of drug-likeness (QED) is 0.843. The number of nitrogens with zero attached hydrogens (tertiary/aromatic N) is 3.